The number of amides is 1. The van der Waals surface area contributed by atoms with Gasteiger partial charge in [-0.1, -0.05) is 41.4 Å². The molecule has 0 aromatic heterocycles. The molecule has 1 amide bonds. The number of ether oxygens (including phenoxy) is 2. The molecule has 3 rings (SSSR count). The van der Waals surface area contributed by atoms with Gasteiger partial charge in [0.25, 0.3) is 10.2 Å². The van der Waals surface area contributed by atoms with E-state index in [0.29, 0.717) is 35.2 Å². The van der Waals surface area contributed by atoms with Gasteiger partial charge in [0.2, 0.25) is 5.91 Å². The van der Waals surface area contributed by atoms with Crippen molar-refractivity contribution in [1.82, 2.24) is 8.61 Å². The molecule has 0 spiro atoms. The summed E-state index contributed by atoms with van der Waals surface area (Å²) in [5.74, 6) is 0.277. The second-order valence-electron chi connectivity index (χ2n) is 7.25. The van der Waals surface area contributed by atoms with E-state index in [9.17, 15) is 13.2 Å². The zero-order valence-electron chi connectivity index (χ0n) is 17.7. The summed E-state index contributed by atoms with van der Waals surface area (Å²) in [4.78, 5) is 12.6. The molecule has 1 aliphatic rings. The highest BCUT2D eigenvalue weighted by Crippen LogP contribution is 2.36. The Morgan fingerprint density at radius 1 is 1.10 bits per heavy atom. The van der Waals surface area contributed by atoms with Crippen LogP contribution >= 0.6 is 11.6 Å². The first-order valence-corrected chi connectivity index (χ1v) is 11.5. The van der Waals surface area contributed by atoms with E-state index >= 15 is 0 Å². The van der Waals surface area contributed by atoms with E-state index in [4.69, 9.17) is 21.1 Å². The molecule has 1 N–H and O–H groups in total. The number of methoxy groups -OCH3 is 2. The zero-order chi connectivity index (χ0) is 22.6. The highest BCUT2D eigenvalue weighted by atomic mass is 35.5. The predicted octanol–water partition coefficient (Wildman–Crippen LogP) is 3.06. The molecule has 10 heteroatoms. The summed E-state index contributed by atoms with van der Waals surface area (Å²) < 4.78 is 39.1. The summed E-state index contributed by atoms with van der Waals surface area (Å²) in [6, 6.07) is 10.8. The molecule has 8 nitrogen and oxygen atoms in total. The van der Waals surface area contributed by atoms with Crippen LogP contribution in [0.1, 0.15) is 17.5 Å². The number of nitrogens with zero attached hydrogens (tertiary/aromatic N) is 2. The molecular formula is C21H26ClN3O5S. The second-order valence-corrected chi connectivity index (χ2v) is 9.59. The molecule has 1 aliphatic heterocycles. The minimum atomic E-state index is -3.77. The van der Waals surface area contributed by atoms with E-state index in [1.54, 1.807) is 6.07 Å². The molecule has 1 heterocycles. The van der Waals surface area contributed by atoms with Crippen molar-refractivity contribution in [2.24, 2.45) is 0 Å². The quantitative estimate of drug-likeness (QED) is 0.676. The average molecular weight is 468 g/mol. The van der Waals surface area contributed by atoms with Gasteiger partial charge in [-0.15, -0.1) is 0 Å². The Hall–Kier alpha value is -2.33. The number of rotatable bonds is 7. The Morgan fingerprint density at radius 2 is 1.81 bits per heavy atom. The van der Waals surface area contributed by atoms with E-state index in [1.165, 1.54) is 28.9 Å². The Kier molecular flexibility index (Phi) is 7.42. The largest absolute Gasteiger partial charge is 0.495 e. The lowest BCUT2D eigenvalue weighted by Crippen LogP contribution is -2.51. The van der Waals surface area contributed by atoms with Crippen molar-refractivity contribution in [2.45, 2.75) is 19.9 Å². The van der Waals surface area contributed by atoms with Crippen LogP contribution in [0.15, 0.2) is 36.4 Å². The number of carbonyl (C=O) groups is 1. The van der Waals surface area contributed by atoms with E-state index < -0.39 is 16.1 Å². The highest BCUT2D eigenvalue weighted by Gasteiger charge is 2.34. The number of aryl methyl sites for hydroxylation is 1. The van der Waals surface area contributed by atoms with Gasteiger partial charge < -0.3 is 14.8 Å². The molecule has 0 atom stereocenters. The van der Waals surface area contributed by atoms with E-state index in [1.807, 2.05) is 31.2 Å². The number of nitrogens with one attached hydrogen (secondary N) is 1. The third-order valence-corrected chi connectivity index (χ3v) is 7.20. The average Bonchev–Trinajstić information content (AvgIpc) is 2.71. The van der Waals surface area contributed by atoms with Gasteiger partial charge in [-0.3, -0.25) is 4.79 Å². The predicted molar refractivity (Wildman–Crippen MR) is 120 cm³/mol. The van der Waals surface area contributed by atoms with Crippen molar-refractivity contribution in [3.63, 3.8) is 0 Å². The molecule has 0 unspecified atom stereocenters. The van der Waals surface area contributed by atoms with Crippen LogP contribution in [0.4, 0.5) is 5.69 Å². The van der Waals surface area contributed by atoms with Gasteiger partial charge in [-0.25, -0.2) is 0 Å². The summed E-state index contributed by atoms with van der Waals surface area (Å²) in [7, 11) is -0.839. The zero-order valence-corrected chi connectivity index (χ0v) is 19.3. The highest BCUT2D eigenvalue weighted by molar-refractivity contribution is 7.86. The van der Waals surface area contributed by atoms with Crippen LogP contribution in [0, 0.1) is 6.92 Å². The maximum Gasteiger partial charge on any atom is 0.282 e. The van der Waals surface area contributed by atoms with E-state index in [-0.39, 0.29) is 19.6 Å². The summed E-state index contributed by atoms with van der Waals surface area (Å²) in [6.45, 7) is 2.62. The van der Waals surface area contributed by atoms with Gasteiger partial charge in [0.1, 0.15) is 11.5 Å². The number of benzene rings is 2. The van der Waals surface area contributed by atoms with Crippen LogP contribution in [-0.4, -0.2) is 56.8 Å². The topological polar surface area (TPSA) is 88.2 Å². The maximum atomic E-state index is 13.1. The van der Waals surface area contributed by atoms with Crippen molar-refractivity contribution in [3.05, 3.63) is 52.5 Å². The first-order valence-electron chi connectivity index (χ1n) is 9.76. The minimum absolute atomic E-state index is 0.268. The van der Waals surface area contributed by atoms with E-state index in [0.717, 1.165) is 11.1 Å². The third-order valence-electron chi connectivity index (χ3n) is 4.98. The number of halogens is 1. The fraction of sp³-hybridized carbons (Fsp3) is 0.381. The Morgan fingerprint density at radius 3 is 2.48 bits per heavy atom. The maximum absolute atomic E-state index is 13.1. The monoisotopic (exact) mass is 467 g/mol. The molecule has 168 valence electrons. The first kappa shape index (κ1) is 23.3. The van der Waals surface area contributed by atoms with Crippen LogP contribution in [0.5, 0.6) is 11.5 Å². The normalized spacial score (nSPS) is 16.6. The van der Waals surface area contributed by atoms with Crippen LogP contribution in [-0.2, 0) is 21.5 Å². The van der Waals surface area contributed by atoms with E-state index in [2.05, 4.69) is 5.32 Å². The first-order chi connectivity index (χ1) is 14.7. The van der Waals surface area contributed by atoms with Crippen molar-refractivity contribution in [2.75, 3.05) is 39.2 Å². The number of hydrogen-bond donors (Lipinski definition) is 1. The van der Waals surface area contributed by atoms with Crippen LogP contribution in [0.3, 0.4) is 0 Å². The Balaban J connectivity index is 1.71. The van der Waals surface area contributed by atoms with Gasteiger partial charge in [0.05, 0.1) is 31.5 Å². The SMILES string of the molecule is COc1cc(OC)c(NC(=O)CN2CCCN(Cc3cccc(C)c3)S2(=O)=O)cc1Cl. The summed E-state index contributed by atoms with van der Waals surface area (Å²) in [6.07, 6.45) is 0.635. The Bertz CT molecular complexity index is 1060. The van der Waals surface area contributed by atoms with Crippen LogP contribution in [0.2, 0.25) is 5.02 Å². The number of carbonyl (C=O) groups excluding carboxylic acids is 1. The van der Waals surface area contributed by atoms with Gasteiger partial charge in [0.15, 0.2) is 0 Å². The third kappa shape index (κ3) is 5.48. The fourth-order valence-corrected chi connectivity index (χ4v) is 5.34. The van der Waals surface area contributed by atoms with Crippen LogP contribution < -0.4 is 14.8 Å². The summed E-state index contributed by atoms with van der Waals surface area (Å²) >= 11 is 6.14. The lowest BCUT2D eigenvalue weighted by molar-refractivity contribution is -0.116. The molecule has 31 heavy (non-hydrogen) atoms. The van der Waals surface area contributed by atoms with Crippen molar-refractivity contribution >= 4 is 33.4 Å². The molecule has 0 radical (unpaired) electrons. The molecule has 1 fully saturated rings. The molecule has 1 saturated heterocycles. The smallest absolute Gasteiger partial charge is 0.282 e. The van der Waals surface area contributed by atoms with Gasteiger partial charge in [0, 0.05) is 25.7 Å². The number of hydrogen-bond acceptors (Lipinski definition) is 5. The van der Waals surface area contributed by atoms with Crippen molar-refractivity contribution in [3.8, 4) is 11.5 Å². The molecular weight excluding hydrogens is 442 g/mol. The summed E-state index contributed by atoms with van der Waals surface area (Å²) in [5.41, 5.74) is 2.31. The van der Waals surface area contributed by atoms with Crippen LogP contribution in [0.25, 0.3) is 0 Å². The van der Waals surface area contributed by atoms with Gasteiger partial charge >= 0.3 is 0 Å². The molecule has 0 aliphatic carbocycles. The molecule has 2 aromatic carbocycles. The molecule has 0 saturated carbocycles. The van der Waals surface area contributed by atoms with Gasteiger partial charge in [-0.2, -0.15) is 17.0 Å². The fourth-order valence-electron chi connectivity index (χ4n) is 3.46. The molecule has 0 bridgehead atoms. The second kappa shape index (κ2) is 9.86. The van der Waals surface area contributed by atoms with Crippen molar-refractivity contribution < 1.29 is 22.7 Å². The lowest BCUT2D eigenvalue weighted by Gasteiger charge is -2.34. The Labute approximate surface area is 187 Å². The molecule has 2 aromatic rings. The van der Waals surface area contributed by atoms with Gasteiger partial charge in [-0.05, 0) is 25.0 Å². The standard InChI is InChI=1S/C21H26ClN3O5S/c1-15-6-4-7-16(10-15)13-24-8-5-9-25(31(24,27)28)14-21(26)23-18-11-17(22)19(29-2)12-20(18)30-3/h4,6-7,10-12H,5,8-9,13-14H2,1-3H3,(H,23,26). The minimum Gasteiger partial charge on any atom is -0.495 e. The van der Waals surface area contributed by atoms with Crippen molar-refractivity contribution in [1.29, 1.82) is 0 Å². The number of anilines is 1. The summed E-state index contributed by atoms with van der Waals surface area (Å²) in [5, 5.41) is 2.98. The lowest BCUT2D eigenvalue weighted by atomic mass is 10.1.